The van der Waals surface area contributed by atoms with Gasteiger partial charge in [-0.25, -0.2) is 9.97 Å². The van der Waals surface area contributed by atoms with Crippen LogP contribution in [0.4, 0.5) is 0 Å². The molecule has 0 aliphatic rings. The monoisotopic (exact) mass is 267 g/mol. The van der Waals surface area contributed by atoms with Crippen LogP contribution in [0.5, 0.6) is 0 Å². The van der Waals surface area contributed by atoms with E-state index in [1.807, 2.05) is 12.3 Å². The third-order valence-electron chi connectivity index (χ3n) is 2.14. The van der Waals surface area contributed by atoms with Gasteiger partial charge in [0, 0.05) is 17.8 Å². The average Bonchev–Trinajstić information content (AvgIpc) is 2.38. The van der Waals surface area contributed by atoms with E-state index in [1.165, 1.54) is 11.8 Å². The molecule has 0 aromatic carbocycles. The van der Waals surface area contributed by atoms with E-state index >= 15 is 0 Å². The second kappa shape index (κ2) is 5.44. The Labute approximate surface area is 108 Å². The topological polar surface area (TPSA) is 58.9 Å². The molecule has 2 aromatic heterocycles. The van der Waals surface area contributed by atoms with E-state index < -0.39 is 0 Å². The van der Waals surface area contributed by atoms with Crippen molar-refractivity contribution in [1.82, 2.24) is 15.0 Å². The zero-order valence-electron chi connectivity index (χ0n) is 9.09. The average molecular weight is 268 g/mol. The van der Waals surface area contributed by atoms with Gasteiger partial charge in [0.05, 0.1) is 18.0 Å². The summed E-state index contributed by atoms with van der Waals surface area (Å²) in [6.45, 7) is -0.0686. The van der Waals surface area contributed by atoms with E-state index in [-0.39, 0.29) is 6.61 Å². The molecular formula is C11H10ClN3OS. The van der Waals surface area contributed by atoms with Gasteiger partial charge in [-0.05, 0) is 18.4 Å². The lowest BCUT2D eigenvalue weighted by Gasteiger charge is -2.03. The Morgan fingerprint density at radius 3 is 2.76 bits per heavy atom. The highest BCUT2D eigenvalue weighted by Crippen LogP contribution is 2.22. The number of thioether (sulfide) groups is 1. The molecule has 0 bridgehead atoms. The normalized spacial score (nSPS) is 10.5. The van der Waals surface area contributed by atoms with E-state index in [0.29, 0.717) is 16.0 Å². The predicted octanol–water partition coefficient (Wildman–Crippen LogP) is 2.41. The number of halogens is 1. The molecule has 2 heterocycles. The van der Waals surface area contributed by atoms with Crippen molar-refractivity contribution in [3.05, 3.63) is 35.2 Å². The Balaban J connectivity index is 2.41. The molecule has 0 saturated heterocycles. The SMILES string of the molecule is CSc1nc(Cl)cc(-c2ccc(CO)nc2)n1. The van der Waals surface area contributed by atoms with Crippen molar-refractivity contribution in [2.45, 2.75) is 11.8 Å². The first-order valence-electron chi connectivity index (χ1n) is 4.87. The minimum Gasteiger partial charge on any atom is -0.390 e. The Hall–Kier alpha value is -1.17. The van der Waals surface area contributed by atoms with E-state index in [4.69, 9.17) is 16.7 Å². The molecule has 0 amide bonds. The quantitative estimate of drug-likeness (QED) is 0.526. The number of pyridine rings is 1. The molecule has 2 aromatic rings. The van der Waals surface area contributed by atoms with Crippen LogP contribution >= 0.6 is 23.4 Å². The minimum atomic E-state index is -0.0686. The molecule has 0 atom stereocenters. The lowest BCUT2D eigenvalue weighted by Crippen LogP contribution is -1.93. The molecule has 4 nitrogen and oxygen atoms in total. The Morgan fingerprint density at radius 1 is 1.35 bits per heavy atom. The number of aromatic nitrogens is 3. The van der Waals surface area contributed by atoms with Gasteiger partial charge in [-0.2, -0.15) is 0 Å². The zero-order chi connectivity index (χ0) is 12.3. The first kappa shape index (κ1) is 12.3. The van der Waals surface area contributed by atoms with Crippen LogP contribution in [0.2, 0.25) is 5.15 Å². The number of hydrogen-bond donors (Lipinski definition) is 1. The standard InChI is InChI=1S/C11H10ClN3OS/c1-17-11-14-9(4-10(12)15-11)7-2-3-8(6-16)13-5-7/h2-5,16H,6H2,1H3. The van der Waals surface area contributed by atoms with Gasteiger partial charge in [0.25, 0.3) is 0 Å². The predicted molar refractivity (Wildman–Crippen MR) is 68.0 cm³/mol. The van der Waals surface area contributed by atoms with Gasteiger partial charge in [-0.15, -0.1) is 0 Å². The van der Waals surface area contributed by atoms with Crippen molar-refractivity contribution in [3.63, 3.8) is 0 Å². The molecule has 0 spiro atoms. The fourth-order valence-corrected chi connectivity index (χ4v) is 1.92. The molecule has 1 N–H and O–H groups in total. The van der Waals surface area contributed by atoms with Crippen molar-refractivity contribution in [3.8, 4) is 11.3 Å². The van der Waals surface area contributed by atoms with Crippen LogP contribution in [0.1, 0.15) is 5.69 Å². The highest BCUT2D eigenvalue weighted by atomic mass is 35.5. The molecule has 88 valence electrons. The maximum absolute atomic E-state index is 8.91. The number of rotatable bonds is 3. The summed E-state index contributed by atoms with van der Waals surface area (Å²) in [6, 6.07) is 5.29. The van der Waals surface area contributed by atoms with Crippen LogP contribution in [-0.2, 0) is 6.61 Å². The fraction of sp³-hybridized carbons (Fsp3) is 0.182. The lowest BCUT2D eigenvalue weighted by molar-refractivity contribution is 0.277. The number of aliphatic hydroxyl groups is 1. The van der Waals surface area contributed by atoms with Crippen LogP contribution < -0.4 is 0 Å². The van der Waals surface area contributed by atoms with Crippen LogP contribution in [0, 0.1) is 0 Å². The maximum Gasteiger partial charge on any atom is 0.189 e. The van der Waals surface area contributed by atoms with Gasteiger partial charge < -0.3 is 5.11 Å². The van der Waals surface area contributed by atoms with Crippen LogP contribution in [0.25, 0.3) is 11.3 Å². The highest BCUT2D eigenvalue weighted by molar-refractivity contribution is 7.98. The van der Waals surface area contributed by atoms with E-state index in [0.717, 1.165) is 11.3 Å². The lowest BCUT2D eigenvalue weighted by atomic mass is 10.2. The van der Waals surface area contributed by atoms with Crippen molar-refractivity contribution in [1.29, 1.82) is 0 Å². The third-order valence-corrected chi connectivity index (χ3v) is 2.88. The Morgan fingerprint density at radius 2 is 2.18 bits per heavy atom. The molecule has 0 aliphatic heterocycles. The molecule has 6 heteroatoms. The minimum absolute atomic E-state index is 0.0686. The molecular weight excluding hydrogens is 258 g/mol. The van der Waals surface area contributed by atoms with Crippen molar-refractivity contribution < 1.29 is 5.11 Å². The highest BCUT2D eigenvalue weighted by Gasteiger charge is 2.05. The van der Waals surface area contributed by atoms with Gasteiger partial charge in [0.2, 0.25) is 0 Å². The largest absolute Gasteiger partial charge is 0.390 e. The molecule has 0 aliphatic carbocycles. The van der Waals surface area contributed by atoms with Crippen LogP contribution in [0.3, 0.4) is 0 Å². The first-order valence-corrected chi connectivity index (χ1v) is 6.48. The summed E-state index contributed by atoms with van der Waals surface area (Å²) >= 11 is 7.34. The molecule has 0 saturated carbocycles. The molecule has 0 unspecified atom stereocenters. The summed E-state index contributed by atoms with van der Waals surface area (Å²) in [5.41, 5.74) is 2.20. The Bertz CT molecular complexity index is 519. The molecule has 17 heavy (non-hydrogen) atoms. The molecule has 0 radical (unpaired) electrons. The summed E-state index contributed by atoms with van der Waals surface area (Å²) in [5, 5.41) is 9.94. The third kappa shape index (κ3) is 2.94. The summed E-state index contributed by atoms with van der Waals surface area (Å²) in [7, 11) is 0. The van der Waals surface area contributed by atoms with Gasteiger partial charge in [-0.1, -0.05) is 23.4 Å². The number of aliphatic hydroxyl groups excluding tert-OH is 1. The van der Waals surface area contributed by atoms with Crippen molar-refractivity contribution >= 4 is 23.4 Å². The summed E-state index contributed by atoms with van der Waals surface area (Å²) in [4.78, 5) is 12.5. The van der Waals surface area contributed by atoms with Crippen molar-refractivity contribution in [2.24, 2.45) is 0 Å². The number of hydrogen-bond acceptors (Lipinski definition) is 5. The summed E-state index contributed by atoms with van der Waals surface area (Å²) in [5.74, 6) is 0. The first-order chi connectivity index (χ1) is 8.22. The second-order valence-corrected chi connectivity index (χ2v) is 4.42. The van der Waals surface area contributed by atoms with Crippen LogP contribution in [0.15, 0.2) is 29.6 Å². The fourth-order valence-electron chi connectivity index (χ4n) is 1.31. The van der Waals surface area contributed by atoms with Gasteiger partial charge >= 0.3 is 0 Å². The molecule has 2 rings (SSSR count). The van der Waals surface area contributed by atoms with E-state index in [9.17, 15) is 0 Å². The maximum atomic E-state index is 8.91. The van der Waals surface area contributed by atoms with Gasteiger partial charge in [0.15, 0.2) is 5.16 Å². The smallest absolute Gasteiger partial charge is 0.189 e. The number of nitrogens with zero attached hydrogens (tertiary/aromatic N) is 3. The molecule has 0 fully saturated rings. The Kier molecular flexibility index (Phi) is 3.93. The summed E-state index contributed by atoms with van der Waals surface area (Å²) in [6.07, 6.45) is 3.55. The van der Waals surface area contributed by atoms with E-state index in [2.05, 4.69) is 15.0 Å². The summed E-state index contributed by atoms with van der Waals surface area (Å²) < 4.78 is 0. The second-order valence-electron chi connectivity index (χ2n) is 3.26. The van der Waals surface area contributed by atoms with Crippen LogP contribution in [-0.4, -0.2) is 26.3 Å². The van der Waals surface area contributed by atoms with Gasteiger partial charge in [-0.3, -0.25) is 4.98 Å². The van der Waals surface area contributed by atoms with E-state index in [1.54, 1.807) is 18.3 Å². The zero-order valence-corrected chi connectivity index (χ0v) is 10.7. The van der Waals surface area contributed by atoms with Crippen molar-refractivity contribution in [2.75, 3.05) is 6.26 Å². The van der Waals surface area contributed by atoms with Gasteiger partial charge in [0.1, 0.15) is 5.15 Å².